The molecule has 2 heteroatoms. The Hall–Kier alpha value is -0.630. The lowest BCUT2D eigenvalue weighted by molar-refractivity contribution is 0.581. The van der Waals surface area contributed by atoms with E-state index in [1.54, 1.807) is 0 Å². The molecule has 1 aromatic carbocycles. The maximum Gasteiger partial charge on any atom is 0.0527 e. The van der Waals surface area contributed by atoms with Crippen molar-refractivity contribution in [1.29, 1.82) is 0 Å². The molecule has 0 aliphatic rings. The van der Waals surface area contributed by atoms with Gasteiger partial charge in [-0.05, 0) is 44.9 Å². The summed E-state index contributed by atoms with van der Waals surface area (Å²) in [6.07, 6.45) is 2.17. The summed E-state index contributed by atoms with van der Waals surface area (Å²) in [7, 11) is 0. The maximum atomic E-state index is 4.80. The first-order valence-electron chi connectivity index (χ1n) is 5.77. The van der Waals surface area contributed by atoms with Gasteiger partial charge in [-0.3, -0.25) is 4.99 Å². The van der Waals surface area contributed by atoms with E-state index in [1.807, 2.05) is 0 Å². The lowest BCUT2D eigenvalue weighted by Crippen LogP contribution is -2.15. The largest absolute Gasteiger partial charge is 0.283 e. The number of halogens is 1. The van der Waals surface area contributed by atoms with E-state index in [-0.39, 0.29) is 5.54 Å². The highest BCUT2D eigenvalue weighted by molar-refractivity contribution is 9.10. The highest BCUT2D eigenvalue weighted by atomic mass is 79.9. The van der Waals surface area contributed by atoms with Crippen LogP contribution in [-0.2, 0) is 0 Å². The van der Waals surface area contributed by atoms with Crippen molar-refractivity contribution in [1.82, 2.24) is 0 Å². The normalized spacial score (nSPS) is 12.9. The first-order valence-corrected chi connectivity index (χ1v) is 6.56. The number of nitrogens with zero attached hydrogens (tertiary/aromatic N) is 1. The van der Waals surface area contributed by atoms with Crippen LogP contribution in [0.5, 0.6) is 0 Å². The minimum atomic E-state index is -0.00240. The van der Waals surface area contributed by atoms with Crippen molar-refractivity contribution in [3.8, 4) is 0 Å². The number of benzene rings is 1. The van der Waals surface area contributed by atoms with Crippen LogP contribution in [0.25, 0.3) is 0 Å². The van der Waals surface area contributed by atoms with E-state index < -0.39 is 0 Å². The molecule has 0 aliphatic carbocycles. The third-order valence-electron chi connectivity index (χ3n) is 2.13. The Balaban J connectivity index is 3.03. The number of rotatable bonds is 3. The van der Waals surface area contributed by atoms with E-state index in [0.717, 1.165) is 17.3 Å². The number of hydrogen-bond acceptors (Lipinski definition) is 1. The Morgan fingerprint density at radius 3 is 2.19 bits per heavy atom. The van der Waals surface area contributed by atoms with Crippen molar-refractivity contribution in [3.05, 3.63) is 34.3 Å². The van der Waals surface area contributed by atoms with Crippen molar-refractivity contribution in [2.45, 2.75) is 46.1 Å². The Morgan fingerprint density at radius 1 is 1.19 bits per heavy atom. The predicted octanol–water partition coefficient (Wildman–Crippen LogP) is 4.84. The van der Waals surface area contributed by atoms with Gasteiger partial charge in [-0.25, -0.2) is 0 Å². The van der Waals surface area contributed by atoms with Gasteiger partial charge in [0.05, 0.1) is 5.54 Å². The van der Waals surface area contributed by atoms with E-state index >= 15 is 0 Å². The summed E-state index contributed by atoms with van der Waals surface area (Å²) in [5.41, 5.74) is 2.44. The van der Waals surface area contributed by atoms with E-state index in [1.165, 1.54) is 11.3 Å². The van der Waals surface area contributed by atoms with Crippen molar-refractivity contribution in [2.75, 3.05) is 0 Å². The molecule has 0 spiro atoms. The second-order valence-corrected chi connectivity index (χ2v) is 5.90. The highest BCUT2D eigenvalue weighted by Crippen LogP contribution is 2.16. The topological polar surface area (TPSA) is 12.4 Å². The van der Waals surface area contributed by atoms with Gasteiger partial charge in [-0.2, -0.15) is 0 Å². The Morgan fingerprint density at radius 2 is 1.75 bits per heavy atom. The van der Waals surface area contributed by atoms with Gasteiger partial charge in [0.1, 0.15) is 0 Å². The Kier molecular flexibility index (Phi) is 4.72. The van der Waals surface area contributed by atoms with Crippen LogP contribution < -0.4 is 0 Å². The van der Waals surface area contributed by atoms with E-state index in [4.69, 9.17) is 4.99 Å². The molecule has 0 heterocycles. The van der Waals surface area contributed by atoms with Crippen LogP contribution in [0.4, 0.5) is 0 Å². The van der Waals surface area contributed by atoms with Crippen molar-refractivity contribution < 1.29 is 0 Å². The summed E-state index contributed by atoms with van der Waals surface area (Å²) < 4.78 is 1.11. The third-order valence-corrected chi connectivity index (χ3v) is 2.66. The van der Waals surface area contributed by atoms with Gasteiger partial charge in [-0.15, -0.1) is 0 Å². The van der Waals surface area contributed by atoms with Gasteiger partial charge in [0.2, 0.25) is 0 Å². The van der Waals surface area contributed by atoms with Gasteiger partial charge < -0.3 is 0 Å². The smallest absolute Gasteiger partial charge is 0.0527 e. The molecule has 16 heavy (non-hydrogen) atoms. The minimum Gasteiger partial charge on any atom is -0.283 e. The summed E-state index contributed by atoms with van der Waals surface area (Å²) in [4.78, 5) is 4.80. The fourth-order valence-electron chi connectivity index (χ4n) is 1.55. The molecule has 0 amide bonds. The zero-order valence-corrected chi connectivity index (χ0v) is 12.1. The second kappa shape index (κ2) is 5.62. The van der Waals surface area contributed by atoms with Crippen LogP contribution in [0.15, 0.2) is 33.7 Å². The molecular weight excluding hydrogens is 262 g/mol. The molecule has 0 atom stereocenters. The maximum absolute atomic E-state index is 4.80. The molecule has 0 radical (unpaired) electrons. The first-order chi connectivity index (χ1) is 7.42. The number of hydrogen-bond donors (Lipinski definition) is 0. The summed E-state index contributed by atoms with van der Waals surface area (Å²) in [5.74, 6) is 0. The molecule has 0 bridgehead atoms. The van der Waals surface area contributed by atoms with Crippen LogP contribution in [0, 0.1) is 0 Å². The fraction of sp³-hybridized carbons (Fsp3) is 0.500. The zero-order valence-electron chi connectivity index (χ0n) is 10.5. The summed E-state index contributed by atoms with van der Waals surface area (Å²) in [5, 5.41) is 0. The first kappa shape index (κ1) is 13.4. The van der Waals surface area contributed by atoms with E-state index in [9.17, 15) is 0 Å². The monoisotopic (exact) mass is 281 g/mol. The van der Waals surface area contributed by atoms with Gasteiger partial charge >= 0.3 is 0 Å². The molecule has 0 saturated heterocycles. The molecule has 1 nitrogen and oxygen atoms in total. The zero-order chi connectivity index (χ0) is 12.2. The molecule has 0 aliphatic heterocycles. The Labute approximate surface area is 107 Å². The molecule has 0 N–H and O–H groups in total. The minimum absolute atomic E-state index is 0.00240. The van der Waals surface area contributed by atoms with Gasteiger partial charge in [0.25, 0.3) is 0 Å². The van der Waals surface area contributed by atoms with Crippen LogP contribution in [0.1, 0.15) is 46.1 Å². The molecular formula is C14H20BrN. The summed E-state index contributed by atoms with van der Waals surface area (Å²) >= 11 is 3.46. The quantitative estimate of drug-likeness (QED) is 0.704. The lowest BCUT2D eigenvalue weighted by atomic mass is 10.0. The molecule has 0 fully saturated rings. The standard InChI is InChI=1S/C14H20BrN/c1-5-6-13(16-14(2,3)4)11-7-9-12(15)10-8-11/h7-10H,5-6H2,1-4H3/b16-13+. The molecule has 0 saturated carbocycles. The second-order valence-electron chi connectivity index (χ2n) is 4.99. The van der Waals surface area contributed by atoms with Crippen molar-refractivity contribution in [2.24, 2.45) is 4.99 Å². The molecule has 0 unspecified atom stereocenters. The van der Waals surface area contributed by atoms with Crippen LogP contribution in [0.3, 0.4) is 0 Å². The average Bonchev–Trinajstić information content (AvgIpc) is 2.16. The molecule has 88 valence electrons. The summed E-state index contributed by atoms with van der Waals surface area (Å²) in [6.45, 7) is 8.61. The SMILES string of the molecule is CCC/C(=N\C(C)(C)C)c1ccc(Br)cc1. The fourth-order valence-corrected chi connectivity index (χ4v) is 1.81. The van der Waals surface area contributed by atoms with Gasteiger partial charge in [0, 0.05) is 10.2 Å². The molecule has 1 aromatic rings. The molecule has 0 aromatic heterocycles. The van der Waals surface area contributed by atoms with E-state index in [0.29, 0.717) is 0 Å². The van der Waals surface area contributed by atoms with Crippen molar-refractivity contribution in [3.63, 3.8) is 0 Å². The lowest BCUT2D eigenvalue weighted by Gasteiger charge is -2.16. The molecule has 1 rings (SSSR count). The van der Waals surface area contributed by atoms with Gasteiger partial charge in [-0.1, -0.05) is 41.4 Å². The van der Waals surface area contributed by atoms with Crippen LogP contribution >= 0.6 is 15.9 Å². The average molecular weight is 282 g/mol. The predicted molar refractivity (Wildman–Crippen MR) is 75.3 cm³/mol. The van der Waals surface area contributed by atoms with Crippen LogP contribution in [0.2, 0.25) is 0 Å². The van der Waals surface area contributed by atoms with Crippen LogP contribution in [-0.4, -0.2) is 11.3 Å². The van der Waals surface area contributed by atoms with Crippen molar-refractivity contribution >= 4 is 21.6 Å². The third kappa shape index (κ3) is 4.48. The summed E-state index contributed by atoms with van der Waals surface area (Å²) in [6, 6.07) is 8.40. The number of aliphatic imine (C=N–C) groups is 1. The van der Waals surface area contributed by atoms with E-state index in [2.05, 4.69) is 67.9 Å². The Bertz CT molecular complexity index is 357. The van der Waals surface area contributed by atoms with Gasteiger partial charge in [0.15, 0.2) is 0 Å². The highest BCUT2D eigenvalue weighted by Gasteiger charge is 2.10.